The molecule has 0 spiro atoms. The van der Waals surface area contributed by atoms with Gasteiger partial charge in [0.05, 0.1) is 22.4 Å². The first kappa shape index (κ1) is 18.9. The molecule has 0 bridgehead atoms. The first-order chi connectivity index (χ1) is 13.4. The monoisotopic (exact) mass is 385 g/mol. The molecule has 0 aromatic heterocycles. The maximum absolute atomic E-state index is 12.9. The fourth-order valence-corrected chi connectivity index (χ4v) is 5.12. The molecule has 7 nitrogen and oxygen atoms in total. The Morgan fingerprint density at radius 3 is 2.50 bits per heavy atom. The van der Waals surface area contributed by atoms with Gasteiger partial charge in [-0.25, -0.2) is 4.90 Å². The van der Waals surface area contributed by atoms with Crippen LogP contribution in [0.1, 0.15) is 46.0 Å². The van der Waals surface area contributed by atoms with Crippen LogP contribution >= 0.6 is 0 Å². The van der Waals surface area contributed by atoms with Gasteiger partial charge in [0.1, 0.15) is 5.69 Å². The summed E-state index contributed by atoms with van der Waals surface area (Å²) in [5, 5.41) is 11.8. The normalized spacial score (nSPS) is 30.5. The van der Waals surface area contributed by atoms with Crippen molar-refractivity contribution < 1.29 is 14.5 Å². The molecule has 2 amide bonds. The Labute approximate surface area is 164 Å². The first-order valence-electron chi connectivity index (χ1n) is 10.3. The lowest BCUT2D eigenvalue weighted by Crippen LogP contribution is -2.35. The van der Waals surface area contributed by atoms with Crippen LogP contribution in [0.3, 0.4) is 0 Å². The molecule has 3 fully saturated rings. The van der Waals surface area contributed by atoms with Crippen LogP contribution in [0.2, 0.25) is 0 Å². The summed E-state index contributed by atoms with van der Waals surface area (Å²) < 4.78 is 0. The topological polar surface area (TPSA) is 83.8 Å². The molecule has 28 heavy (non-hydrogen) atoms. The minimum Gasteiger partial charge on any atom is -0.366 e. The highest BCUT2D eigenvalue weighted by Gasteiger charge is 2.50. The highest BCUT2D eigenvalue weighted by Crippen LogP contribution is 2.43. The van der Waals surface area contributed by atoms with Crippen molar-refractivity contribution in [2.75, 3.05) is 22.9 Å². The lowest BCUT2D eigenvalue weighted by Gasteiger charge is -2.32. The lowest BCUT2D eigenvalue weighted by atomic mass is 9.76. The van der Waals surface area contributed by atoms with E-state index in [1.54, 1.807) is 12.1 Å². The fraction of sp³-hybridized carbons (Fsp3) is 0.619. The van der Waals surface area contributed by atoms with Gasteiger partial charge in [-0.3, -0.25) is 19.7 Å². The smallest absolute Gasteiger partial charge is 0.294 e. The summed E-state index contributed by atoms with van der Waals surface area (Å²) in [5.41, 5.74) is 0.874. The summed E-state index contributed by atoms with van der Waals surface area (Å²) in [6.45, 7) is 5.82. The summed E-state index contributed by atoms with van der Waals surface area (Å²) in [7, 11) is 0. The Balaban J connectivity index is 1.67. The van der Waals surface area contributed by atoms with Crippen molar-refractivity contribution in [3.05, 3.63) is 28.3 Å². The Morgan fingerprint density at radius 1 is 1.04 bits per heavy atom. The number of hydrogen-bond donors (Lipinski definition) is 0. The molecule has 1 aromatic carbocycles. The van der Waals surface area contributed by atoms with Gasteiger partial charge in [0, 0.05) is 19.2 Å². The standard InChI is InChI=1S/C21H27N3O4/c1-13-5-7-16-17(10-13)21(26)23(20(16)25)15-6-8-18(19(11-15)24(27)28)22-9-3-4-14(2)12-22/h6,8,11,13-14,16-17H,3-5,7,9-10,12H2,1-2H3/t13-,14-,16+,17+/m1/s1. The van der Waals surface area contributed by atoms with Gasteiger partial charge in [0.2, 0.25) is 11.8 Å². The fourth-order valence-electron chi connectivity index (χ4n) is 5.12. The van der Waals surface area contributed by atoms with Gasteiger partial charge in [-0.15, -0.1) is 0 Å². The third-order valence-corrected chi connectivity index (χ3v) is 6.60. The van der Waals surface area contributed by atoms with E-state index in [4.69, 9.17) is 0 Å². The third-order valence-electron chi connectivity index (χ3n) is 6.60. The molecule has 2 heterocycles. The number of nitro benzene ring substituents is 1. The molecular formula is C21H27N3O4. The van der Waals surface area contributed by atoms with Gasteiger partial charge in [0.25, 0.3) is 5.69 Å². The van der Waals surface area contributed by atoms with Gasteiger partial charge < -0.3 is 4.90 Å². The predicted molar refractivity (Wildman–Crippen MR) is 106 cm³/mol. The number of imide groups is 1. The molecule has 7 heteroatoms. The van der Waals surface area contributed by atoms with Crippen molar-refractivity contribution in [1.82, 2.24) is 0 Å². The average molecular weight is 385 g/mol. The van der Waals surface area contributed by atoms with E-state index in [2.05, 4.69) is 13.8 Å². The number of rotatable bonds is 3. The minimum atomic E-state index is -0.405. The molecule has 1 aromatic rings. The highest BCUT2D eigenvalue weighted by molar-refractivity contribution is 6.22. The van der Waals surface area contributed by atoms with E-state index >= 15 is 0 Å². The minimum absolute atomic E-state index is 0.0320. The summed E-state index contributed by atoms with van der Waals surface area (Å²) in [5.74, 6) is -0.0373. The van der Waals surface area contributed by atoms with Crippen LogP contribution in [-0.2, 0) is 9.59 Å². The van der Waals surface area contributed by atoms with E-state index in [1.165, 1.54) is 11.0 Å². The summed E-state index contributed by atoms with van der Waals surface area (Å²) >= 11 is 0. The number of anilines is 2. The molecule has 0 N–H and O–H groups in total. The number of piperidine rings is 1. The van der Waals surface area contributed by atoms with Gasteiger partial charge in [-0.1, -0.05) is 13.8 Å². The Hall–Kier alpha value is -2.44. The van der Waals surface area contributed by atoms with Gasteiger partial charge in [-0.2, -0.15) is 0 Å². The zero-order valence-electron chi connectivity index (χ0n) is 16.5. The van der Waals surface area contributed by atoms with Crippen molar-refractivity contribution >= 4 is 28.9 Å². The van der Waals surface area contributed by atoms with Crippen LogP contribution in [0.5, 0.6) is 0 Å². The highest BCUT2D eigenvalue weighted by atomic mass is 16.6. The van der Waals surface area contributed by atoms with Crippen LogP contribution in [0.15, 0.2) is 18.2 Å². The van der Waals surface area contributed by atoms with E-state index in [0.29, 0.717) is 23.2 Å². The second-order valence-electron chi connectivity index (χ2n) is 8.77. The molecule has 4 rings (SSSR count). The molecule has 0 radical (unpaired) electrons. The molecule has 1 aliphatic carbocycles. The van der Waals surface area contributed by atoms with E-state index in [9.17, 15) is 19.7 Å². The number of carbonyl (C=O) groups excluding carboxylic acids is 2. The Morgan fingerprint density at radius 2 is 1.79 bits per heavy atom. The van der Waals surface area contributed by atoms with Crippen molar-refractivity contribution in [3.63, 3.8) is 0 Å². The van der Waals surface area contributed by atoms with E-state index in [-0.39, 0.29) is 29.3 Å². The summed E-state index contributed by atoms with van der Waals surface area (Å²) in [6, 6.07) is 4.81. The SMILES string of the molecule is C[C@@H]1CC[C@@H]2C(=O)N(c3ccc(N4CCC[C@@H](C)C4)c([N+](=O)[O-])c3)C(=O)[C@H]2C1. The van der Waals surface area contributed by atoms with Crippen LogP contribution in [0, 0.1) is 33.8 Å². The number of hydrogen-bond acceptors (Lipinski definition) is 5. The van der Waals surface area contributed by atoms with Crippen molar-refractivity contribution in [3.8, 4) is 0 Å². The second kappa shape index (κ2) is 7.18. The Kier molecular flexibility index (Phi) is 4.85. The average Bonchev–Trinajstić information content (AvgIpc) is 2.91. The Bertz CT molecular complexity index is 824. The number of benzene rings is 1. The number of amides is 2. The largest absolute Gasteiger partial charge is 0.366 e. The van der Waals surface area contributed by atoms with Crippen LogP contribution in [0.25, 0.3) is 0 Å². The number of nitro groups is 1. The first-order valence-corrected chi connectivity index (χ1v) is 10.3. The maximum atomic E-state index is 12.9. The van der Waals surface area contributed by atoms with E-state index < -0.39 is 4.92 Å². The van der Waals surface area contributed by atoms with E-state index in [1.807, 2.05) is 4.90 Å². The lowest BCUT2D eigenvalue weighted by molar-refractivity contribution is -0.384. The molecule has 3 aliphatic rings. The van der Waals surface area contributed by atoms with Gasteiger partial charge in [-0.05, 0) is 56.1 Å². The molecule has 1 saturated carbocycles. The van der Waals surface area contributed by atoms with Crippen LogP contribution in [-0.4, -0.2) is 29.8 Å². The number of fused-ring (bicyclic) bond motifs is 1. The number of nitrogens with zero attached hydrogens (tertiary/aromatic N) is 3. The summed E-state index contributed by atoms with van der Waals surface area (Å²) in [6.07, 6.45) is 4.52. The molecule has 4 atom stereocenters. The molecule has 2 aliphatic heterocycles. The van der Waals surface area contributed by atoms with Crippen LogP contribution < -0.4 is 9.80 Å². The predicted octanol–water partition coefficient (Wildman–Crippen LogP) is 3.76. The van der Waals surface area contributed by atoms with Crippen molar-refractivity contribution in [1.29, 1.82) is 0 Å². The third kappa shape index (κ3) is 3.16. The quantitative estimate of drug-likeness (QED) is 0.449. The molecule has 150 valence electrons. The zero-order valence-corrected chi connectivity index (χ0v) is 16.5. The number of carbonyl (C=O) groups is 2. The second-order valence-corrected chi connectivity index (χ2v) is 8.77. The van der Waals surface area contributed by atoms with Crippen LogP contribution in [0.4, 0.5) is 17.1 Å². The van der Waals surface area contributed by atoms with Gasteiger partial charge in [0.15, 0.2) is 0 Å². The molecule has 2 saturated heterocycles. The zero-order chi connectivity index (χ0) is 20.0. The van der Waals surface area contributed by atoms with Crippen molar-refractivity contribution in [2.24, 2.45) is 23.7 Å². The van der Waals surface area contributed by atoms with Gasteiger partial charge >= 0.3 is 0 Å². The molecule has 0 unspecified atom stereocenters. The maximum Gasteiger partial charge on any atom is 0.294 e. The molecular weight excluding hydrogens is 358 g/mol. The van der Waals surface area contributed by atoms with E-state index in [0.717, 1.165) is 45.2 Å². The van der Waals surface area contributed by atoms with Crippen molar-refractivity contribution in [2.45, 2.75) is 46.0 Å². The summed E-state index contributed by atoms with van der Waals surface area (Å²) in [4.78, 5) is 40.4.